The molecule has 1 aliphatic carbocycles. The Bertz CT molecular complexity index is 1490. The molecule has 1 fully saturated rings. The Labute approximate surface area is 278 Å². The summed E-state index contributed by atoms with van der Waals surface area (Å²) < 4.78 is 21.0. The minimum Gasteiger partial charge on any atom is -0.460 e. The molecular weight excluding hydrogens is 601 g/mol. The highest BCUT2D eigenvalue weighted by Crippen LogP contribution is 2.47. The average molecular weight is 649 g/mol. The third-order valence-corrected chi connectivity index (χ3v) is 16.9. The quantitative estimate of drug-likeness (QED) is 0.113. The van der Waals surface area contributed by atoms with E-state index in [0.717, 1.165) is 5.57 Å². The topological polar surface area (TPSA) is 44.8 Å². The summed E-state index contributed by atoms with van der Waals surface area (Å²) in [7, 11) is -5.10. The van der Waals surface area contributed by atoms with E-state index in [9.17, 15) is 4.79 Å². The highest BCUT2D eigenvalue weighted by Gasteiger charge is 2.56. The summed E-state index contributed by atoms with van der Waals surface area (Å²) in [5.41, 5.74) is 0.592. The fraction of sp³-hybridized carbons (Fsp3) is 0.325. The van der Waals surface area contributed by atoms with Crippen LogP contribution in [0.2, 0.25) is 5.04 Å². The Hall–Kier alpha value is -3.56. The van der Waals surface area contributed by atoms with E-state index in [1.807, 2.05) is 0 Å². The number of carbonyl (C=O) groups is 1. The summed E-state index contributed by atoms with van der Waals surface area (Å²) in [6, 6.07) is 42.6. The molecule has 240 valence electrons. The molecule has 0 aliphatic heterocycles. The molecule has 4 aromatic rings. The van der Waals surface area contributed by atoms with E-state index in [0.29, 0.717) is 12.9 Å². The lowest BCUT2D eigenvalue weighted by Gasteiger charge is -2.47. The average Bonchev–Trinajstić information content (AvgIpc) is 3.34. The van der Waals surface area contributed by atoms with Crippen LogP contribution in [-0.4, -0.2) is 42.1 Å². The SMILES string of the molecule is C=C1[C@H](OC=O)C[C@H](O[Si](c2ccccc2)(c2ccccc2)C(C)(C)C)[C@@H]1C(O[SiH](c1ccccc1)c1ccccc1)C(C)(C)C. The van der Waals surface area contributed by atoms with Crippen molar-refractivity contribution in [3.63, 3.8) is 0 Å². The first kappa shape index (κ1) is 33.8. The van der Waals surface area contributed by atoms with E-state index in [4.69, 9.17) is 13.6 Å². The fourth-order valence-corrected chi connectivity index (χ4v) is 14.6. The Kier molecular flexibility index (Phi) is 10.3. The molecule has 0 aromatic heterocycles. The maximum absolute atomic E-state index is 11.8. The number of benzene rings is 4. The molecule has 0 amide bonds. The van der Waals surface area contributed by atoms with E-state index in [-0.39, 0.29) is 28.6 Å². The number of ether oxygens (including phenoxy) is 1. The summed E-state index contributed by atoms with van der Waals surface area (Å²) in [6.45, 7) is 18.7. The number of carbonyl (C=O) groups excluding carboxylic acids is 1. The van der Waals surface area contributed by atoms with Gasteiger partial charge in [-0.2, -0.15) is 0 Å². The smallest absolute Gasteiger partial charge is 0.293 e. The predicted octanol–water partition coefficient (Wildman–Crippen LogP) is 6.02. The molecule has 0 radical (unpaired) electrons. The van der Waals surface area contributed by atoms with E-state index >= 15 is 0 Å². The van der Waals surface area contributed by atoms with Gasteiger partial charge in [0.15, 0.2) is 0 Å². The van der Waals surface area contributed by atoms with Gasteiger partial charge in [0.1, 0.15) is 6.10 Å². The molecule has 1 saturated carbocycles. The minimum atomic E-state index is -2.94. The summed E-state index contributed by atoms with van der Waals surface area (Å²) in [5.74, 6) is -0.200. The second-order valence-electron chi connectivity index (χ2n) is 14.5. The van der Waals surface area contributed by atoms with Gasteiger partial charge in [0.05, 0.1) is 12.2 Å². The second kappa shape index (κ2) is 14.1. The zero-order chi connectivity index (χ0) is 33.0. The molecule has 0 saturated heterocycles. The lowest BCUT2D eigenvalue weighted by atomic mass is 9.78. The molecule has 0 spiro atoms. The van der Waals surface area contributed by atoms with Crippen LogP contribution >= 0.6 is 0 Å². The van der Waals surface area contributed by atoms with Crippen molar-refractivity contribution >= 4 is 44.6 Å². The second-order valence-corrected chi connectivity index (χ2v) is 21.1. The first-order chi connectivity index (χ1) is 22.0. The number of rotatable bonds is 11. The molecule has 6 heteroatoms. The summed E-state index contributed by atoms with van der Waals surface area (Å²) in [6.07, 6.45) is -0.451. The molecule has 1 aliphatic rings. The lowest BCUT2D eigenvalue weighted by molar-refractivity contribution is -0.132. The first-order valence-corrected chi connectivity index (χ1v) is 19.8. The van der Waals surface area contributed by atoms with Crippen molar-refractivity contribution in [2.75, 3.05) is 0 Å². The van der Waals surface area contributed by atoms with Crippen LogP contribution < -0.4 is 20.7 Å². The van der Waals surface area contributed by atoms with Crippen molar-refractivity contribution in [1.82, 2.24) is 0 Å². The van der Waals surface area contributed by atoms with Gasteiger partial charge in [0, 0.05) is 12.3 Å². The number of hydrogen-bond acceptors (Lipinski definition) is 4. The van der Waals surface area contributed by atoms with Crippen LogP contribution in [0.1, 0.15) is 48.0 Å². The monoisotopic (exact) mass is 648 g/mol. The van der Waals surface area contributed by atoms with Crippen LogP contribution in [0.4, 0.5) is 0 Å². The normalized spacial score (nSPS) is 19.6. The maximum atomic E-state index is 11.8. The Balaban J connectivity index is 1.66. The van der Waals surface area contributed by atoms with E-state index in [1.165, 1.54) is 20.7 Å². The third kappa shape index (κ3) is 6.91. The van der Waals surface area contributed by atoms with E-state index < -0.39 is 23.5 Å². The molecular formula is C40H48O4Si2. The summed E-state index contributed by atoms with van der Waals surface area (Å²) in [4.78, 5) is 11.8. The molecule has 0 heterocycles. The van der Waals surface area contributed by atoms with Crippen molar-refractivity contribution in [3.8, 4) is 0 Å². The highest BCUT2D eigenvalue weighted by molar-refractivity contribution is 6.99. The van der Waals surface area contributed by atoms with Gasteiger partial charge < -0.3 is 13.6 Å². The summed E-state index contributed by atoms with van der Waals surface area (Å²) >= 11 is 0. The Morgan fingerprint density at radius 3 is 1.57 bits per heavy atom. The zero-order valence-corrected chi connectivity index (χ0v) is 30.2. The van der Waals surface area contributed by atoms with Gasteiger partial charge in [-0.1, -0.05) is 169 Å². The van der Waals surface area contributed by atoms with Crippen LogP contribution in [-0.2, 0) is 18.4 Å². The van der Waals surface area contributed by atoms with Crippen molar-refractivity contribution in [2.24, 2.45) is 11.3 Å². The molecule has 4 aromatic carbocycles. The van der Waals surface area contributed by atoms with Gasteiger partial charge in [0.2, 0.25) is 9.04 Å². The summed E-state index contributed by atoms with van der Waals surface area (Å²) in [5, 5.41) is 4.65. The van der Waals surface area contributed by atoms with Crippen LogP contribution in [0.3, 0.4) is 0 Å². The molecule has 4 nitrogen and oxygen atoms in total. The molecule has 1 unspecified atom stereocenters. The van der Waals surface area contributed by atoms with Crippen molar-refractivity contribution < 1.29 is 18.4 Å². The van der Waals surface area contributed by atoms with E-state index in [1.54, 1.807) is 0 Å². The fourth-order valence-electron chi connectivity index (χ4n) is 7.18. The largest absolute Gasteiger partial charge is 0.460 e. The van der Waals surface area contributed by atoms with Crippen molar-refractivity contribution in [1.29, 1.82) is 0 Å². The van der Waals surface area contributed by atoms with Crippen LogP contribution in [0.5, 0.6) is 0 Å². The third-order valence-electron chi connectivity index (χ3n) is 9.32. The minimum absolute atomic E-state index is 0.200. The molecule has 0 bridgehead atoms. The standard InChI is InChI=1S/C40H48O4Si2/c1-30-35(42-29-41)28-36(44-46(40(5,6)7,33-24-16-10-17-25-33)34-26-18-11-19-27-34)37(30)38(39(2,3)4)43-45(31-20-12-8-13-21-31)32-22-14-9-15-23-32/h8-27,29,35-38,45H,1,28H2,2-7H3/t35-,36+,37-,38?/m1/s1. The lowest BCUT2D eigenvalue weighted by Crippen LogP contribution is -2.68. The molecule has 46 heavy (non-hydrogen) atoms. The van der Waals surface area contributed by atoms with E-state index in [2.05, 4.69) is 169 Å². The maximum Gasteiger partial charge on any atom is 0.293 e. The Morgan fingerprint density at radius 2 is 1.17 bits per heavy atom. The van der Waals surface area contributed by atoms with Crippen molar-refractivity contribution in [2.45, 2.75) is 71.3 Å². The molecule has 0 N–H and O–H groups in total. The first-order valence-electron chi connectivity index (χ1n) is 16.3. The number of hydrogen-bond donors (Lipinski definition) is 0. The zero-order valence-electron chi connectivity index (χ0n) is 28.1. The van der Waals surface area contributed by atoms with Crippen LogP contribution in [0.15, 0.2) is 133 Å². The van der Waals surface area contributed by atoms with Gasteiger partial charge in [-0.05, 0) is 36.8 Å². The van der Waals surface area contributed by atoms with Crippen molar-refractivity contribution in [3.05, 3.63) is 133 Å². The molecule has 5 rings (SSSR count). The van der Waals surface area contributed by atoms with Gasteiger partial charge >= 0.3 is 0 Å². The van der Waals surface area contributed by atoms with Gasteiger partial charge in [-0.25, -0.2) is 0 Å². The Morgan fingerprint density at radius 1 is 0.739 bits per heavy atom. The van der Waals surface area contributed by atoms with Crippen LogP contribution in [0.25, 0.3) is 0 Å². The van der Waals surface area contributed by atoms with Gasteiger partial charge in [-0.15, -0.1) is 0 Å². The highest BCUT2D eigenvalue weighted by atomic mass is 28.4. The van der Waals surface area contributed by atoms with Gasteiger partial charge in [-0.3, -0.25) is 4.79 Å². The van der Waals surface area contributed by atoms with Crippen LogP contribution in [0, 0.1) is 11.3 Å². The van der Waals surface area contributed by atoms with Gasteiger partial charge in [0.25, 0.3) is 14.8 Å². The predicted molar refractivity (Wildman–Crippen MR) is 194 cm³/mol. The molecule has 4 atom stereocenters.